The number of carbonyl (C=O) groups excluding carboxylic acids is 1. The fourth-order valence-electron chi connectivity index (χ4n) is 4.95. The van der Waals surface area contributed by atoms with Crippen molar-refractivity contribution in [3.8, 4) is 11.5 Å². The maximum Gasteiger partial charge on any atom is 0.212 e. The molecule has 0 N–H and O–H groups in total. The van der Waals surface area contributed by atoms with Gasteiger partial charge in [-0.3, -0.25) is 4.79 Å². The van der Waals surface area contributed by atoms with Crippen molar-refractivity contribution in [2.24, 2.45) is 0 Å². The van der Waals surface area contributed by atoms with Crippen LogP contribution in [0.3, 0.4) is 0 Å². The molecule has 1 aliphatic rings. The van der Waals surface area contributed by atoms with Gasteiger partial charge >= 0.3 is 0 Å². The van der Waals surface area contributed by atoms with Crippen LogP contribution in [-0.2, 0) is 18.3 Å². The normalized spacial score (nSPS) is 13.7. The van der Waals surface area contributed by atoms with E-state index in [9.17, 15) is 13.6 Å². The SMILES string of the molecule is COc1ccc2c(c1)C(=O)c1ccc(OC)cc1C2(Cc1ccc(F)nc1)Cc1ccc(F)nc1. The number of nitrogens with zero attached hydrogens (tertiary/aromatic N) is 2. The number of halogens is 2. The summed E-state index contributed by atoms with van der Waals surface area (Å²) < 4.78 is 38.2. The first-order valence-electron chi connectivity index (χ1n) is 11.1. The van der Waals surface area contributed by atoms with E-state index in [0.29, 0.717) is 35.5 Å². The Bertz CT molecular complexity index is 1360. The second kappa shape index (κ2) is 8.91. The molecule has 0 radical (unpaired) electrons. The third-order valence-electron chi connectivity index (χ3n) is 6.56. The molecule has 0 fully saturated rings. The van der Waals surface area contributed by atoms with Crippen LogP contribution in [0.25, 0.3) is 0 Å². The number of pyridine rings is 2. The van der Waals surface area contributed by atoms with Gasteiger partial charge in [-0.25, -0.2) is 9.97 Å². The van der Waals surface area contributed by atoms with Crippen molar-refractivity contribution in [3.05, 3.63) is 118 Å². The molecule has 0 bridgehead atoms. The fraction of sp³-hybridized carbons (Fsp3) is 0.179. The molecule has 0 unspecified atom stereocenters. The largest absolute Gasteiger partial charge is 0.497 e. The zero-order chi connectivity index (χ0) is 24.6. The van der Waals surface area contributed by atoms with Crippen LogP contribution in [0.5, 0.6) is 11.5 Å². The van der Waals surface area contributed by atoms with E-state index < -0.39 is 17.3 Å². The number of carbonyl (C=O) groups is 1. The van der Waals surface area contributed by atoms with Crippen LogP contribution in [0.15, 0.2) is 73.1 Å². The molecule has 2 heterocycles. The molecule has 35 heavy (non-hydrogen) atoms. The summed E-state index contributed by atoms with van der Waals surface area (Å²) in [6.07, 6.45) is 3.81. The van der Waals surface area contributed by atoms with E-state index in [1.807, 2.05) is 18.2 Å². The number of aromatic nitrogens is 2. The number of benzene rings is 2. The smallest absolute Gasteiger partial charge is 0.212 e. The van der Waals surface area contributed by atoms with Crippen LogP contribution in [0.1, 0.15) is 38.2 Å². The Balaban J connectivity index is 1.81. The third kappa shape index (κ3) is 4.03. The first kappa shape index (κ1) is 22.7. The van der Waals surface area contributed by atoms with Gasteiger partial charge in [0.1, 0.15) is 11.5 Å². The molecule has 5 rings (SSSR count). The van der Waals surface area contributed by atoms with Crippen molar-refractivity contribution >= 4 is 5.78 Å². The van der Waals surface area contributed by atoms with Crippen molar-refractivity contribution in [1.29, 1.82) is 0 Å². The summed E-state index contributed by atoms with van der Waals surface area (Å²) in [4.78, 5) is 21.3. The van der Waals surface area contributed by atoms with Crippen molar-refractivity contribution in [3.63, 3.8) is 0 Å². The number of rotatable bonds is 6. The van der Waals surface area contributed by atoms with Gasteiger partial charge in [-0.05, 0) is 77.6 Å². The summed E-state index contributed by atoms with van der Waals surface area (Å²) >= 11 is 0. The van der Waals surface area contributed by atoms with Gasteiger partial charge in [0.25, 0.3) is 0 Å². The number of ketones is 1. The number of methoxy groups -OCH3 is 2. The monoisotopic (exact) mass is 472 g/mol. The lowest BCUT2D eigenvalue weighted by molar-refractivity contribution is 0.102. The summed E-state index contributed by atoms with van der Waals surface area (Å²) in [6.45, 7) is 0. The lowest BCUT2D eigenvalue weighted by Crippen LogP contribution is -2.40. The highest BCUT2D eigenvalue weighted by Gasteiger charge is 2.44. The molecule has 5 nitrogen and oxygen atoms in total. The topological polar surface area (TPSA) is 61.3 Å². The quantitative estimate of drug-likeness (QED) is 0.366. The average molecular weight is 472 g/mol. The molecule has 0 atom stereocenters. The molecule has 0 spiro atoms. The Kier molecular flexibility index (Phi) is 5.76. The maximum absolute atomic E-state index is 13.6. The lowest BCUT2D eigenvalue weighted by Gasteiger charge is -2.41. The molecule has 2 aromatic heterocycles. The molecule has 0 saturated carbocycles. The average Bonchev–Trinajstić information content (AvgIpc) is 2.89. The van der Waals surface area contributed by atoms with Crippen molar-refractivity contribution in [2.75, 3.05) is 14.2 Å². The number of hydrogen-bond donors (Lipinski definition) is 0. The van der Waals surface area contributed by atoms with E-state index in [-0.39, 0.29) is 5.78 Å². The molecular weight excluding hydrogens is 450 g/mol. The van der Waals surface area contributed by atoms with Gasteiger partial charge in [0.2, 0.25) is 11.9 Å². The standard InChI is InChI=1S/C28H22F2N2O3/c1-34-19-6-8-23-22(11-19)27(33)21-7-5-20(35-2)12-24(21)28(23,13-17-3-9-25(29)31-15-17)14-18-4-10-26(30)32-16-18/h3-12,15-16H,13-14H2,1-2H3. The summed E-state index contributed by atoms with van der Waals surface area (Å²) in [7, 11) is 3.12. The second-order valence-corrected chi connectivity index (χ2v) is 8.57. The van der Waals surface area contributed by atoms with Crippen LogP contribution in [0.2, 0.25) is 0 Å². The fourth-order valence-corrected chi connectivity index (χ4v) is 4.95. The Hall–Kier alpha value is -4.13. The van der Waals surface area contributed by atoms with E-state index in [1.165, 1.54) is 24.5 Å². The predicted octanol–water partition coefficient (Wildman–Crippen LogP) is 5.09. The summed E-state index contributed by atoms with van der Waals surface area (Å²) in [6, 6.07) is 16.8. The van der Waals surface area contributed by atoms with Crippen LogP contribution >= 0.6 is 0 Å². The van der Waals surface area contributed by atoms with E-state index in [4.69, 9.17) is 9.47 Å². The van der Waals surface area contributed by atoms with Crippen molar-refractivity contribution < 1.29 is 23.0 Å². The first-order chi connectivity index (χ1) is 16.9. The minimum atomic E-state index is -0.779. The van der Waals surface area contributed by atoms with E-state index in [1.54, 1.807) is 44.6 Å². The van der Waals surface area contributed by atoms with Gasteiger partial charge in [-0.2, -0.15) is 8.78 Å². The van der Waals surface area contributed by atoms with Crippen molar-refractivity contribution in [2.45, 2.75) is 18.3 Å². The molecule has 7 heteroatoms. The molecule has 1 aliphatic carbocycles. The Labute approximate surface area is 201 Å². The molecule has 0 amide bonds. The Morgan fingerprint density at radius 1 is 0.714 bits per heavy atom. The van der Waals surface area contributed by atoms with E-state index in [2.05, 4.69) is 9.97 Å². The number of ether oxygens (including phenoxy) is 2. The Morgan fingerprint density at radius 3 is 1.83 bits per heavy atom. The third-order valence-corrected chi connectivity index (χ3v) is 6.56. The summed E-state index contributed by atoms with van der Waals surface area (Å²) in [5, 5.41) is 0. The highest BCUT2D eigenvalue weighted by Crippen LogP contribution is 2.48. The minimum absolute atomic E-state index is 0.123. The first-order valence-corrected chi connectivity index (χ1v) is 11.1. The lowest BCUT2D eigenvalue weighted by atomic mass is 9.61. The summed E-state index contributed by atoms with van der Waals surface area (Å²) in [5.41, 5.74) is 3.41. The van der Waals surface area contributed by atoms with Crippen LogP contribution in [0, 0.1) is 11.9 Å². The predicted molar refractivity (Wildman–Crippen MR) is 126 cm³/mol. The van der Waals surface area contributed by atoms with Crippen molar-refractivity contribution in [1.82, 2.24) is 9.97 Å². The number of fused-ring (bicyclic) bond motifs is 2. The van der Waals surface area contributed by atoms with Crippen LogP contribution in [0.4, 0.5) is 8.78 Å². The highest BCUT2D eigenvalue weighted by atomic mass is 19.1. The van der Waals surface area contributed by atoms with Crippen LogP contribution < -0.4 is 9.47 Å². The Morgan fingerprint density at radius 2 is 1.29 bits per heavy atom. The van der Waals surface area contributed by atoms with Gasteiger partial charge < -0.3 is 9.47 Å². The van der Waals surface area contributed by atoms with Gasteiger partial charge in [-0.15, -0.1) is 0 Å². The molecule has 4 aromatic rings. The number of hydrogen-bond acceptors (Lipinski definition) is 5. The molecule has 0 saturated heterocycles. The van der Waals surface area contributed by atoms with Gasteiger partial charge in [-0.1, -0.05) is 18.2 Å². The minimum Gasteiger partial charge on any atom is -0.497 e. The molecule has 0 aliphatic heterocycles. The maximum atomic E-state index is 13.6. The summed E-state index contributed by atoms with van der Waals surface area (Å²) in [5.74, 6) is -0.100. The molecule has 2 aromatic carbocycles. The van der Waals surface area contributed by atoms with E-state index in [0.717, 1.165) is 22.3 Å². The van der Waals surface area contributed by atoms with Gasteiger partial charge in [0, 0.05) is 28.9 Å². The highest BCUT2D eigenvalue weighted by molar-refractivity contribution is 6.13. The van der Waals surface area contributed by atoms with Gasteiger partial charge in [0.05, 0.1) is 14.2 Å². The second-order valence-electron chi connectivity index (χ2n) is 8.57. The zero-order valence-electron chi connectivity index (χ0n) is 19.2. The molecular formula is C28H22F2N2O3. The van der Waals surface area contributed by atoms with Gasteiger partial charge in [0.15, 0.2) is 5.78 Å². The van der Waals surface area contributed by atoms with E-state index >= 15 is 0 Å². The molecule has 176 valence electrons. The van der Waals surface area contributed by atoms with Crippen LogP contribution in [-0.4, -0.2) is 30.0 Å². The zero-order valence-corrected chi connectivity index (χ0v) is 19.2.